The second-order valence-electron chi connectivity index (χ2n) is 3.79. The van der Waals surface area contributed by atoms with Gasteiger partial charge < -0.3 is 10.1 Å². The van der Waals surface area contributed by atoms with Crippen molar-refractivity contribution in [3.63, 3.8) is 0 Å². The van der Waals surface area contributed by atoms with Gasteiger partial charge in [0.15, 0.2) is 12.4 Å². The van der Waals surface area contributed by atoms with Gasteiger partial charge in [-0.05, 0) is 12.1 Å². The van der Waals surface area contributed by atoms with E-state index in [-0.39, 0.29) is 5.56 Å². The normalized spacial score (nSPS) is 14.1. The van der Waals surface area contributed by atoms with Gasteiger partial charge in [0.25, 0.3) is 5.91 Å². The van der Waals surface area contributed by atoms with E-state index in [1.54, 1.807) is 17.6 Å². The van der Waals surface area contributed by atoms with Gasteiger partial charge in [-0.2, -0.15) is 13.2 Å². The molecule has 0 fully saturated rings. The van der Waals surface area contributed by atoms with E-state index < -0.39 is 18.7 Å². The molecule has 0 bridgehead atoms. The number of anilines is 1. The van der Waals surface area contributed by atoms with Gasteiger partial charge in [-0.1, -0.05) is 6.07 Å². The van der Waals surface area contributed by atoms with E-state index in [9.17, 15) is 18.0 Å². The van der Waals surface area contributed by atoms with Gasteiger partial charge in [-0.15, -0.1) is 0 Å². The Hall–Kier alpha value is -1.96. The number of para-hydroxylation sites is 1. The van der Waals surface area contributed by atoms with Gasteiger partial charge in [0.05, 0.1) is 11.3 Å². The van der Waals surface area contributed by atoms with Gasteiger partial charge in [-0.3, -0.25) is 9.63 Å². The van der Waals surface area contributed by atoms with Gasteiger partial charge >= 0.3 is 6.18 Å². The van der Waals surface area contributed by atoms with Gasteiger partial charge in [0, 0.05) is 6.54 Å². The maximum absolute atomic E-state index is 11.9. The zero-order valence-corrected chi connectivity index (χ0v) is 9.71. The Morgan fingerprint density at radius 3 is 3.00 bits per heavy atom. The number of hydrogen-bond donors (Lipinski definition) is 2. The fraction of sp³-hybridized carbons (Fsp3) is 0.364. The van der Waals surface area contributed by atoms with Crippen molar-refractivity contribution >= 4 is 11.6 Å². The predicted octanol–water partition coefficient (Wildman–Crippen LogP) is 1.71. The minimum Gasteiger partial charge on any atom is -0.489 e. The molecule has 104 valence electrons. The van der Waals surface area contributed by atoms with Gasteiger partial charge in [-0.25, -0.2) is 5.48 Å². The van der Waals surface area contributed by atoms with Crippen LogP contribution in [0.1, 0.15) is 10.4 Å². The lowest BCUT2D eigenvalue weighted by Gasteiger charge is -2.21. The summed E-state index contributed by atoms with van der Waals surface area (Å²) in [6, 6.07) is 4.75. The molecule has 1 aliphatic rings. The van der Waals surface area contributed by atoms with Crippen molar-refractivity contribution in [3.05, 3.63) is 23.8 Å². The lowest BCUT2D eigenvalue weighted by atomic mass is 10.1. The van der Waals surface area contributed by atoms with Crippen LogP contribution in [0.2, 0.25) is 0 Å². The Bertz CT molecular complexity index is 477. The Morgan fingerprint density at radius 2 is 2.26 bits per heavy atom. The van der Waals surface area contributed by atoms with Crippen LogP contribution in [0.15, 0.2) is 18.2 Å². The van der Waals surface area contributed by atoms with E-state index in [0.29, 0.717) is 24.6 Å². The number of halogens is 3. The van der Waals surface area contributed by atoms with E-state index in [0.717, 1.165) is 0 Å². The second-order valence-corrected chi connectivity index (χ2v) is 3.79. The fourth-order valence-electron chi connectivity index (χ4n) is 1.59. The standard InChI is InChI=1S/C11H11F3N2O3/c12-11(13,14)6-19-16-10(17)7-2-1-3-8-9(7)18-5-4-15-8/h1-3,15H,4-6H2,(H,16,17). The highest BCUT2D eigenvalue weighted by Gasteiger charge is 2.28. The monoisotopic (exact) mass is 276 g/mol. The first kappa shape index (κ1) is 13.5. The molecular weight excluding hydrogens is 265 g/mol. The smallest absolute Gasteiger partial charge is 0.414 e. The van der Waals surface area contributed by atoms with Crippen LogP contribution in [0.3, 0.4) is 0 Å². The van der Waals surface area contributed by atoms with E-state index in [1.165, 1.54) is 6.07 Å². The second kappa shape index (κ2) is 5.35. The number of carbonyl (C=O) groups is 1. The number of fused-ring (bicyclic) bond motifs is 1. The van der Waals surface area contributed by atoms with Crippen LogP contribution in [0, 0.1) is 0 Å². The number of amides is 1. The number of carbonyl (C=O) groups excluding carboxylic acids is 1. The third-order valence-corrected chi connectivity index (χ3v) is 2.32. The molecule has 0 radical (unpaired) electrons. The summed E-state index contributed by atoms with van der Waals surface area (Å²) in [5.41, 5.74) is 2.48. The average Bonchev–Trinajstić information content (AvgIpc) is 2.36. The van der Waals surface area contributed by atoms with Crippen molar-refractivity contribution in [2.45, 2.75) is 6.18 Å². The molecular formula is C11H11F3N2O3. The molecule has 2 rings (SSSR count). The molecule has 0 unspecified atom stereocenters. The molecule has 1 amide bonds. The first-order valence-corrected chi connectivity index (χ1v) is 5.46. The molecule has 0 saturated heterocycles. The van der Waals surface area contributed by atoms with Gasteiger partial charge in [0.2, 0.25) is 0 Å². The topological polar surface area (TPSA) is 59.6 Å². The summed E-state index contributed by atoms with van der Waals surface area (Å²) in [4.78, 5) is 15.8. The van der Waals surface area contributed by atoms with E-state index in [1.807, 2.05) is 0 Å². The minimum atomic E-state index is -4.50. The summed E-state index contributed by atoms with van der Waals surface area (Å²) in [6.07, 6.45) is -4.50. The van der Waals surface area contributed by atoms with Crippen molar-refractivity contribution in [2.24, 2.45) is 0 Å². The predicted molar refractivity (Wildman–Crippen MR) is 59.9 cm³/mol. The lowest BCUT2D eigenvalue weighted by molar-refractivity contribution is -0.184. The van der Waals surface area contributed by atoms with Crippen molar-refractivity contribution in [1.29, 1.82) is 0 Å². The summed E-state index contributed by atoms with van der Waals surface area (Å²) >= 11 is 0. The Kier molecular flexibility index (Phi) is 3.79. The molecule has 0 atom stereocenters. The zero-order valence-electron chi connectivity index (χ0n) is 9.71. The first-order chi connectivity index (χ1) is 8.97. The van der Waals surface area contributed by atoms with Gasteiger partial charge in [0.1, 0.15) is 6.61 Å². The van der Waals surface area contributed by atoms with Crippen molar-refractivity contribution in [3.8, 4) is 5.75 Å². The molecule has 0 saturated carbocycles. The Labute approximate surface area is 106 Å². The number of rotatable bonds is 3. The zero-order chi connectivity index (χ0) is 13.9. The molecule has 8 heteroatoms. The van der Waals surface area contributed by atoms with Crippen LogP contribution < -0.4 is 15.5 Å². The molecule has 19 heavy (non-hydrogen) atoms. The highest BCUT2D eigenvalue weighted by atomic mass is 19.4. The Morgan fingerprint density at radius 1 is 1.47 bits per heavy atom. The fourth-order valence-corrected chi connectivity index (χ4v) is 1.59. The number of alkyl halides is 3. The average molecular weight is 276 g/mol. The SMILES string of the molecule is O=C(NOCC(F)(F)F)c1cccc2c1OCCN2. The molecule has 5 nitrogen and oxygen atoms in total. The van der Waals surface area contributed by atoms with Crippen LogP contribution in [-0.2, 0) is 4.84 Å². The maximum atomic E-state index is 11.9. The number of nitrogens with one attached hydrogen (secondary N) is 2. The number of ether oxygens (including phenoxy) is 1. The Balaban J connectivity index is 2.03. The highest BCUT2D eigenvalue weighted by Crippen LogP contribution is 2.31. The molecule has 1 aliphatic heterocycles. The lowest BCUT2D eigenvalue weighted by Crippen LogP contribution is -2.30. The molecule has 0 aliphatic carbocycles. The molecule has 0 aromatic heterocycles. The van der Waals surface area contributed by atoms with Crippen LogP contribution in [0.4, 0.5) is 18.9 Å². The molecule has 1 heterocycles. The quantitative estimate of drug-likeness (QED) is 0.825. The van der Waals surface area contributed by atoms with Crippen LogP contribution >= 0.6 is 0 Å². The minimum absolute atomic E-state index is 0.117. The summed E-state index contributed by atoms with van der Waals surface area (Å²) in [5.74, 6) is -0.480. The molecule has 0 spiro atoms. The summed E-state index contributed by atoms with van der Waals surface area (Å²) in [6.45, 7) is -0.573. The van der Waals surface area contributed by atoms with Crippen molar-refractivity contribution < 1.29 is 27.5 Å². The first-order valence-electron chi connectivity index (χ1n) is 5.46. The summed E-state index contributed by atoms with van der Waals surface area (Å²) < 4.78 is 40.9. The van der Waals surface area contributed by atoms with E-state index >= 15 is 0 Å². The van der Waals surface area contributed by atoms with E-state index in [4.69, 9.17) is 4.74 Å². The number of hydroxylamine groups is 1. The van der Waals surface area contributed by atoms with Crippen LogP contribution in [0.25, 0.3) is 0 Å². The third kappa shape index (κ3) is 3.50. The van der Waals surface area contributed by atoms with E-state index in [2.05, 4.69) is 10.2 Å². The molecule has 2 N–H and O–H groups in total. The summed E-state index contributed by atoms with van der Waals surface area (Å²) in [5, 5.41) is 3.01. The third-order valence-electron chi connectivity index (χ3n) is 2.32. The maximum Gasteiger partial charge on any atom is 0.414 e. The number of hydrogen-bond acceptors (Lipinski definition) is 4. The molecule has 1 aromatic carbocycles. The van der Waals surface area contributed by atoms with Crippen molar-refractivity contribution in [1.82, 2.24) is 5.48 Å². The van der Waals surface area contributed by atoms with Crippen LogP contribution in [0.5, 0.6) is 5.75 Å². The highest BCUT2D eigenvalue weighted by molar-refractivity contribution is 5.98. The van der Waals surface area contributed by atoms with Crippen molar-refractivity contribution in [2.75, 3.05) is 25.1 Å². The number of benzene rings is 1. The van der Waals surface area contributed by atoms with Crippen LogP contribution in [-0.4, -0.2) is 31.8 Å². The summed E-state index contributed by atoms with van der Waals surface area (Å²) in [7, 11) is 0. The largest absolute Gasteiger partial charge is 0.489 e. The molecule has 1 aromatic rings.